The molecule has 3 aromatic rings. The zero-order valence-electron chi connectivity index (χ0n) is 15.0. The third-order valence-corrected chi connectivity index (χ3v) is 4.44. The average molecular weight is 382 g/mol. The maximum atomic E-state index is 12.3. The zero-order chi connectivity index (χ0) is 19.2. The van der Waals surface area contributed by atoms with E-state index in [-0.39, 0.29) is 18.0 Å². The molecule has 0 aliphatic rings. The molecule has 1 N–H and O–H groups in total. The number of benzene rings is 2. The number of hydrogen-bond donors (Lipinski definition) is 1. The Morgan fingerprint density at radius 1 is 1.11 bits per heavy atom. The lowest BCUT2D eigenvalue weighted by molar-refractivity contribution is -0.121. The van der Waals surface area contributed by atoms with Gasteiger partial charge in [0.05, 0.1) is 12.0 Å². The van der Waals surface area contributed by atoms with E-state index in [9.17, 15) is 9.59 Å². The molecule has 0 fully saturated rings. The number of rotatable bonds is 6. The molecular weight excluding hydrogens is 362 g/mol. The van der Waals surface area contributed by atoms with Crippen LogP contribution in [0.25, 0.3) is 11.3 Å². The van der Waals surface area contributed by atoms with Crippen LogP contribution in [-0.2, 0) is 17.8 Å². The largest absolute Gasteiger partial charge is 0.354 e. The predicted molar refractivity (Wildman–Crippen MR) is 107 cm³/mol. The molecule has 0 saturated heterocycles. The molecule has 3 rings (SSSR count). The minimum Gasteiger partial charge on any atom is -0.354 e. The first kappa shape index (κ1) is 18.9. The molecule has 5 nitrogen and oxygen atoms in total. The summed E-state index contributed by atoms with van der Waals surface area (Å²) in [5, 5.41) is 3.50. The monoisotopic (exact) mass is 381 g/mol. The summed E-state index contributed by atoms with van der Waals surface area (Å²) < 4.78 is 1.30. The molecule has 1 aromatic heterocycles. The molecule has 0 spiro atoms. The Labute approximate surface area is 162 Å². The maximum Gasteiger partial charge on any atom is 0.254 e. The van der Waals surface area contributed by atoms with Crippen LogP contribution in [0, 0.1) is 6.92 Å². The molecule has 0 bridgehead atoms. The van der Waals surface area contributed by atoms with Crippen molar-refractivity contribution in [2.24, 2.45) is 0 Å². The molecule has 138 valence electrons. The van der Waals surface area contributed by atoms with Gasteiger partial charge < -0.3 is 5.32 Å². The number of hydrogen-bond acceptors (Lipinski definition) is 3. The van der Waals surface area contributed by atoms with Crippen molar-refractivity contribution in [1.29, 1.82) is 0 Å². The first-order valence-electron chi connectivity index (χ1n) is 8.66. The number of aryl methyl sites for hydroxylation is 1. The van der Waals surface area contributed by atoms with Crippen molar-refractivity contribution in [3.8, 4) is 11.3 Å². The number of carbonyl (C=O) groups excluding carboxylic acids is 1. The third kappa shape index (κ3) is 5.28. The first-order chi connectivity index (χ1) is 13.0. The molecule has 0 atom stereocenters. The van der Waals surface area contributed by atoms with Crippen LogP contribution >= 0.6 is 11.6 Å². The molecular formula is C21H20ClN3O2. The molecule has 0 radical (unpaired) electrons. The summed E-state index contributed by atoms with van der Waals surface area (Å²) in [5.74, 6) is -0.226. The van der Waals surface area contributed by atoms with Crippen molar-refractivity contribution >= 4 is 17.5 Å². The van der Waals surface area contributed by atoms with Gasteiger partial charge in [0, 0.05) is 23.2 Å². The van der Waals surface area contributed by atoms with Gasteiger partial charge in [-0.3, -0.25) is 14.2 Å². The number of nitrogens with zero attached hydrogens (tertiary/aromatic N) is 2. The number of nitrogens with one attached hydrogen (secondary N) is 1. The lowest BCUT2D eigenvalue weighted by Crippen LogP contribution is -2.33. The Morgan fingerprint density at radius 3 is 2.48 bits per heavy atom. The highest BCUT2D eigenvalue weighted by atomic mass is 35.5. The summed E-state index contributed by atoms with van der Waals surface area (Å²) in [4.78, 5) is 28.7. The van der Waals surface area contributed by atoms with E-state index < -0.39 is 0 Å². The highest BCUT2D eigenvalue weighted by molar-refractivity contribution is 6.30. The summed E-state index contributed by atoms with van der Waals surface area (Å²) in [6.07, 6.45) is 2.11. The van der Waals surface area contributed by atoms with Crippen LogP contribution in [-0.4, -0.2) is 22.0 Å². The Hall–Kier alpha value is -2.92. The van der Waals surface area contributed by atoms with Gasteiger partial charge in [-0.25, -0.2) is 4.98 Å². The van der Waals surface area contributed by atoms with Crippen LogP contribution in [0.1, 0.15) is 11.1 Å². The van der Waals surface area contributed by atoms with Crippen LogP contribution in [0.5, 0.6) is 0 Å². The molecule has 1 heterocycles. The number of halogens is 1. The van der Waals surface area contributed by atoms with E-state index in [2.05, 4.69) is 10.3 Å². The molecule has 1 amide bonds. The maximum absolute atomic E-state index is 12.3. The van der Waals surface area contributed by atoms with E-state index in [0.29, 0.717) is 23.7 Å². The number of aromatic nitrogens is 2. The Bertz CT molecular complexity index is 980. The van der Waals surface area contributed by atoms with Crippen molar-refractivity contribution < 1.29 is 4.79 Å². The highest BCUT2D eigenvalue weighted by Crippen LogP contribution is 2.15. The van der Waals surface area contributed by atoms with Gasteiger partial charge in [0.25, 0.3) is 5.56 Å². The van der Waals surface area contributed by atoms with Gasteiger partial charge >= 0.3 is 0 Å². The predicted octanol–water partition coefficient (Wildman–Crippen LogP) is 3.23. The summed E-state index contributed by atoms with van der Waals surface area (Å²) in [7, 11) is 0. The molecule has 27 heavy (non-hydrogen) atoms. The van der Waals surface area contributed by atoms with Crippen molar-refractivity contribution in [3.05, 3.63) is 87.4 Å². The molecule has 6 heteroatoms. The molecule has 2 aromatic carbocycles. The minimum atomic E-state index is -0.256. The summed E-state index contributed by atoms with van der Waals surface area (Å²) in [6.45, 7) is 2.44. The molecule has 0 aliphatic heterocycles. The number of amides is 1. The zero-order valence-corrected chi connectivity index (χ0v) is 15.7. The van der Waals surface area contributed by atoms with Crippen molar-refractivity contribution in [2.45, 2.75) is 19.9 Å². The fraction of sp³-hybridized carbons (Fsp3) is 0.190. The lowest BCUT2D eigenvalue weighted by Gasteiger charge is -2.08. The van der Waals surface area contributed by atoms with E-state index in [1.165, 1.54) is 17.0 Å². The van der Waals surface area contributed by atoms with E-state index in [1.54, 1.807) is 0 Å². The smallest absolute Gasteiger partial charge is 0.254 e. The van der Waals surface area contributed by atoms with Gasteiger partial charge in [-0.2, -0.15) is 0 Å². The first-order valence-corrected chi connectivity index (χ1v) is 9.04. The highest BCUT2D eigenvalue weighted by Gasteiger charge is 2.07. The molecule has 0 saturated carbocycles. The van der Waals surface area contributed by atoms with E-state index in [1.807, 2.05) is 55.5 Å². The minimum absolute atomic E-state index is 0.0549. The van der Waals surface area contributed by atoms with Crippen molar-refractivity contribution in [3.63, 3.8) is 0 Å². The Morgan fingerprint density at radius 2 is 1.81 bits per heavy atom. The van der Waals surface area contributed by atoms with Gasteiger partial charge in [0.2, 0.25) is 5.91 Å². The van der Waals surface area contributed by atoms with E-state index in [4.69, 9.17) is 11.6 Å². The quantitative estimate of drug-likeness (QED) is 0.713. The normalized spacial score (nSPS) is 10.6. The summed E-state index contributed by atoms with van der Waals surface area (Å²) >= 11 is 5.85. The molecule has 0 unspecified atom stereocenters. The second kappa shape index (κ2) is 8.64. The van der Waals surface area contributed by atoms with Crippen LogP contribution in [0.3, 0.4) is 0 Å². The van der Waals surface area contributed by atoms with Crippen LogP contribution in [0.2, 0.25) is 5.02 Å². The SMILES string of the molecule is Cc1ccc(-c2cc(=O)n(CC(=O)NCCc3ccc(Cl)cc3)cn2)cc1. The lowest BCUT2D eigenvalue weighted by atomic mass is 10.1. The molecule has 0 aliphatic carbocycles. The van der Waals surface area contributed by atoms with E-state index >= 15 is 0 Å². The van der Waals surface area contributed by atoms with Gasteiger partial charge in [-0.15, -0.1) is 0 Å². The Balaban J connectivity index is 1.56. The Kier molecular flexibility index (Phi) is 6.04. The van der Waals surface area contributed by atoms with Crippen molar-refractivity contribution in [2.75, 3.05) is 6.54 Å². The van der Waals surface area contributed by atoms with Crippen LogP contribution in [0.15, 0.2) is 65.7 Å². The second-order valence-electron chi connectivity index (χ2n) is 6.33. The van der Waals surface area contributed by atoms with Crippen LogP contribution in [0.4, 0.5) is 0 Å². The van der Waals surface area contributed by atoms with Crippen LogP contribution < -0.4 is 10.9 Å². The van der Waals surface area contributed by atoms with Gasteiger partial charge in [0.1, 0.15) is 6.54 Å². The second-order valence-corrected chi connectivity index (χ2v) is 6.77. The third-order valence-electron chi connectivity index (χ3n) is 4.19. The van der Waals surface area contributed by atoms with Crippen molar-refractivity contribution in [1.82, 2.24) is 14.9 Å². The van der Waals surface area contributed by atoms with Gasteiger partial charge in [0.15, 0.2) is 0 Å². The van der Waals surface area contributed by atoms with E-state index in [0.717, 1.165) is 16.7 Å². The summed E-state index contributed by atoms with van der Waals surface area (Å²) in [5.41, 5.74) is 3.44. The van der Waals surface area contributed by atoms with Gasteiger partial charge in [-0.1, -0.05) is 53.6 Å². The standard InChI is InChI=1S/C21H20ClN3O2/c1-15-2-6-17(7-3-15)19-12-21(27)25(14-24-19)13-20(26)23-11-10-16-4-8-18(22)9-5-16/h2-9,12,14H,10-11,13H2,1H3,(H,23,26). The van der Waals surface area contributed by atoms with Gasteiger partial charge in [-0.05, 0) is 31.0 Å². The fourth-order valence-electron chi connectivity index (χ4n) is 2.63. The topological polar surface area (TPSA) is 64.0 Å². The number of carbonyl (C=O) groups is 1. The average Bonchev–Trinajstić information content (AvgIpc) is 2.66. The fourth-order valence-corrected chi connectivity index (χ4v) is 2.76. The summed E-state index contributed by atoms with van der Waals surface area (Å²) in [6, 6.07) is 16.7.